The number of hydrogen-bond acceptors (Lipinski definition) is 3. The second-order valence-corrected chi connectivity index (χ2v) is 7.54. The van der Waals surface area contributed by atoms with Crippen LogP contribution in [0.1, 0.15) is 37.8 Å². The fourth-order valence-electron chi connectivity index (χ4n) is 3.34. The summed E-state index contributed by atoms with van der Waals surface area (Å²) < 4.78 is 5.54. The molecule has 0 spiro atoms. The maximum atomic E-state index is 10.1. The molecular weight excluding hydrogens is 479 g/mol. The zero-order valence-corrected chi connectivity index (χ0v) is 19.9. The summed E-state index contributed by atoms with van der Waals surface area (Å²) in [5, 5.41) is 18.0. The van der Waals surface area contributed by atoms with Crippen LogP contribution in [0.2, 0.25) is 0 Å². The zero-order valence-electron chi connectivity index (χ0n) is 17.5. The molecule has 1 heterocycles. The molecular formula is C22H35IN4O2. The first-order chi connectivity index (χ1) is 13.7. The molecule has 0 amide bonds. The Morgan fingerprint density at radius 1 is 1.28 bits per heavy atom. The molecule has 0 saturated heterocycles. The third-order valence-corrected chi connectivity index (χ3v) is 5.12. The number of aliphatic hydroxyl groups excluding tert-OH is 1. The predicted molar refractivity (Wildman–Crippen MR) is 130 cm³/mol. The van der Waals surface area contributed by atoms with Gasteiger partial charge in [0, 0.05) is 36.8 Å². The molecule has 0 bridgehead atoms. The van der Waals surface area contributed by atoms with E-state index in [0.29, 0.717) is 19.1 Å². The molecule has 1 aliphatic carbocycles. The number of rotatable bonds is 11. The number of halogens is 1. The number of aliphatic hydroxyl groups is 1. The molecule has 7 heteroatoms. The molecule has 0 aliphatic heterocycles. The van der Waals surface area contributed by atoms with Crippen molar-refractivity contribution in [1.82, 2.24) is 15.6 Å². The molecule has 3 rings (SSSR count). The standard InChI is InChI=1S/C22H34N4O2.HI/c1-3-17-6-5-7-20-18(12-25-21(17)20)10-11-24-22(23-4-2)26-13-19(27)15-28-14-16-8-9-16;/h5-7,12,16,19,25,27H,3-4,8-11,13-15H2,1-2H3,(H2,23,24,26);1H. The lowest BCUT2D eigenvalue weighted by Gasteiger charge is -2.13. The van der Waals surface area contributed by atoms with E-state index < -0.39 is 6.10 Å². The Kier molecular flexibility index (Phi) is 10.2. The summed E-state index contributed by atoms with van der Waals surface area (Å²) in [5.41, 5.74) is 3.90. The summed E-state index contributed by atoms with van der Waals surface area (Å²) in [6.45, 7) is 7.25. The molecule has 162 valence electrons. The Morgan fingerprint density at radius 3 is 2.83 bits per heavy atom. The minimum atomic E-state index is -0.560. The number of H-pyrrole nitrogens is 1. The lowest BCUT2D eigenvalue weighted by molar-refractivity contribution is 0.0368. The average molecular weight is 514 g/mol. The Hall–Kier alpha value is -1.32. The highest BCUT2D eigenvalue weighted by Crippen LogP contribution is 2.28. The zero-order chi connectivity index (χ0) is 19.8. The van der Waals surface area contributed by atoms with Crippen LogP contribution in [0.25, 0.3) is 10.9 Å². The second-order valence-electron chi connectivity index (χ2n) is 7.54. The van der Waals surface area contributed by atoms with Gasteiger partial charge >= 0.3 is 0 Å². The van der Waals surface area contributed by atoms with Crippen LogP contribution < -0.4 is 10.6 Å². The summed E-state index contributed by atoms with van der Waals surface area (Å²) in [4.78, 5) is 7.91. The predicted octanol–water partition coefficient (Wildman–Crippen LogP) is 3.23. The van der Waals surface area contributed by atoms with Crippen molar-refractivity contribution in [2.45, 2.75) is 45.6 Å². The van der Waals surface area contributed by atoms with Gasteiger partial charge in [-0.1, -0.05) is 25.1 Å². The number of para-hydroxylation sites is 1. The highest BCUT2D eigenvalue weighted by Gasteiger charge is 2.21. The van der Waals surface area contributed by atoms with Crippen molar-refractivity contribution >= 4 is 40.8 Å². The normalized spacial score (nSPS) is 15.2. The molecule has 1 fully saturated rings. The van der Waals surface area contributed by atoms with Gasteiger partial charge in [0.1, 0.15) is 0 Å². The number of ether oxygens (including phenoxy) is 1. The molecule has 29 heavy (non-hydrogen) atoms. The third kappa shape index (κ3) is 7.46. The van der Waals surface area contributed by atoms with Crippen molar-refractivity contribution in [3.8, 4) is 0 Å². The van der Waals surface area contributed by atoms with E-state index in [9.17, 15) is 5.11 Å². The molecule has 6 nitrogen and oxygen atoms in total. The van der Waals surface area contributed by atoms with Gasteiger partial charge in [0.25, 0.3) is 0 Å². The minimum absolute atomic E-state index is 0. The van der Waals surface area contributed by atoms with Gasteiger partial charge in [-0.15, -0.1) is 24.0 Å². The van der Waals surface area contributed by atoms with Crippen LogP contribution in [0, 0.1) is 5.92 Å². The highest BCUT2D eigenvalue weighted by molar-refractivity contribution is 14.0. The van der Waals surface area contributed by atoms with Crippen LogP contribution in [0.3, 0.4) is 0 Å². The molecule has 1 aliphatic rings. The van der Waals surface area contributed by atoms with Crippen LogP contribution in [0.4, 0.5) is 0 Å². The quantitative estimate of drug-likeness (QED) is 0.211. The lowest BCUT2D eigenvalue weighted by atomic mass is 10.1. The molecule has 0 radical (unpaired) electrons. The van der Waals surface area contributed by atoms with E-state index in [4.69, 9.17) is 4.74 Å². The first-order valence-corrected chi connectivity index (χ1v) is 10.6. The summed E-state index contributed by atoms with van der Waals surface area (Å²) in [6.07, 6.45) is 6.01. The Balaban J connectivity index is 0.00000300. The maximum Gasteiger partial charge on any atom is 0.191 e. The van der Waals surface area contributed by atoms with Crippen molar-refractivity contribution < 1.29 is 9.84 Å². The van der Waals surface area contributed by atoms with E-state index in [1.165, 1.54) is 34.9 Å². The van der Waals surface area contributed by atoms with E-state index in [1.807, 2.05) is 6.92 Å². The summed E-state index contributed by atoms with van der Waals surface area (Å²) in [5.74, 6) is 1.45. The van der Waals surface area contributed by atoms with Crippen LogP contribution in [-0.2, 0) is 17.6 Å². The number of aryl methyl sites for hydroxylation is 1. The fourth-order valence-corrected chi connectivity index (χ4v) is 3.34. The molecule has 1 saturated carbocycles. The Labute approximate surface area is 190 Å². The molecule has 2 aromatic rings. The van der Waals surface area contributed by atoms with Crippen molar-refractivity contribution in [3.63, 3.8) is 0 Å². The van der Waals surface area contributed by atoms with Gasteiger partial charge < -0.3 is 25.5 Å². The van der Waals surface area contributed by atoms with Gasteiger partial charge in [0.05, 0.1) is 19.3 Å². The first-order valence-electron chi connectivity index (χ1n) is 10.6. The Bertz CT molecular complexity index is 773. The second kappa shape index (κ2) is 12.4. The van der Waals surface area contributed by atoms with E-state index >= 15 is 0 Å². The number of aliphatic imine (C=N–C) groups is 1. The van der Waals surface area contributed by atoms with Crippen molar-refractivity contribution in [1.29, 1.82) is 0 Å². The van der Waals surface area contributed by atoms with Crippen molar-refractivity contribution in [2.24, 2.45) is 10.9 Å². The SMILES string of the molecule is CCNC(=NCC(O)COCC1CC1)NCCc1c[nH]c2c(CC)cccc12.I. The molecule has 1 aromatic heterocycles. The van der Waals surface area contributed by atoms with Crippen LogP contribution >= 0.6 is 24.0 Å². The highest BCUT2D eigenvalue weighted by atomic mass is 127. The number of benzene rings is 1. The molecule has 4 N–H and O–H groups in total. The minimum Gasteiger partial charge on any atom is -0.389 e. The smallest absolute Gasteiger partial charge is 0.191 e. The van der Waals surface area contributed by atoms with Gasteiger partial charge in [-0.25, -0.2) is 0 Å². The van der Waals surface area contributed by atoms with E-state index in [0.717, 1.165) is 38.5 Å². The van der Waals surface area contributed by atoms with Gasteiger partial charge in [-0.2, -0.15) is 0 Å². The van der Waals surface area contributed by atoms with E-state index in [2.05, 4.69) is 51.9 Å². The van der Waals surface area contributed by atoms with Crippen LogP contribution in [-0.4, -0.2) is 55.0 Å². The van der Waals surface area contributed by atoms with E-state index in [-0.39, 0.29) is 24.0 Å². The lowest BCUT2D eigenvalue weighted by Crippen LogP contribution is -2.39. The fraction of sp³-hybridized carbons (Fsp3) is 0.591. The number of hydrogen-bond donors (Lipinski definition) is 4. The summed E-state index contributed by atoms with van der Waals surface area (Å²) in [7, 11) is 0. The monoisotopic (exact) mass is 514 g/mol. The molecule has 1 aromatic carbocycles. The van der Waals surface area contributed by atoms with Crippen molar-refractivity contribution in [3.05, 3.63) is 35.5 Å². The van der Waals surface area contributed by atoms with Gasteiger partial charge in [0.2, 0.25) is 0 Å². The van der Waals surface area contributed by atoms with Gasteiger partial charge in [-0.05, 0) is 49.7 Å². The Morgan fingerprint density at radius 2 is 2.10 bits per heavy atom. The average Bonchev–Trinajstić information content (AvgIpc) is 3.44. The van der Waals surface area contributed by atoms with Crippen LogP contribution in [0.5, 0.6) is 0 Å². The largest absolute Gasteiger partial charge is 0.389 e. The topological polar surface area (TPSA) is 81.7 Å². The van der Waals surface area contributed by atoms with Gasteiger partial charge in [0.15, 0.2) is 5.96 Å². The summed E-state index contributed by atoms with van der Waals surface area (Å²) in [6, 6.07) is 6.48. The van der Waals surface area contributed by atoms with Gasteiger partial charge in [-0.3, -0.25) is 4.99 Å². The van der Waals surface area contributed by atoms with Crippen molar-refractivity contribution in [2.75, 3.05) is 32.8 Å². The van der Waals surface area contributed by atoms with E-state index in [1.54, 1.807) is 0 Å². The number of nitrogens with zero attached hydrogens (tertiary/aromatic N) is 1. The summed E-state index contributed by atoms with van der Waals surface area (Å²) >= 11 is 0. The maximum absolute atomic E-state index is 10.1. The first kappa shape index (κ1) is 24.0. The number of fused-ring (bicyclic) bond motifs is 1. The number of guanidine groups is 1. The molecule has 1 atom stereocenters. The third-order valence-electron chi connectivity index (χ3n) is 5.12. The number of nitrogens with one attached hydrogen (secondary N) is 3. The number of aromatic amines is 1. The molecule has 1 unspecified atom stereocenters. The number of aromatic nitrogens is 1. The van der Waals surface area contributed by atoms with Crippen LogP contribution in [0.15, 0.2) is 29.4 Å².